The van der Waals surface area contributed by atoms with Gasteiger partial charge in [-0.1, -0.05) is 73.2 Å². The van der Waals surface area contributed by atoms with E-state index in [0.29, 0.717) is 12.1 Å². The lowest BCUT2D eigenvalue weighted by atomic mass is 10.1. The first-order valence-corrected chi connectivity index (χ1v) is 11.8. The van der Waals surface area contributed by atoms with Gasteiger partial charge in [-0.2, -0.15) is 0 Å². The number of nitrogens with one attached hydrogen (secondary N) is 1. The van der Waals surface area contributed by atoms with Crippen molar-refractivity contribution in [2.45, 2.75) is 38.1 Å². The monoisotopic (exact) mass is 436 g/mol. The van der Waals surface area contributed by atoms with Crippen LogP contribution in [0.2, 0.25) is 0 Å². The van der Waals surface area contributed by atoms with Crippen molar-refractivity contribution in [3.63, 3.8) is 0 Å². The Balaban J connectivity index is 1.91. The molecule has 1 atom stereocenters. The van der Waals surface area contributed by atoms with Gasteiger partial charge in [-0.25, -0.2) is 8.42 Å². The highest BCUT2D eigenvalue weighted by molar-refractivity contribution is 7.92. The minimum Gasteiger partial charge on any atom is -0.348 e. The fourth-order valence-corrected chi connectivity index (χ4v) is 4.91. The first-order valence-electron chi connectivity index (χ1n) is 10.3. The molecule has 0 aliphatic carbocycles. The van der Waals surface area contributed by atoms with E-state index in [1.165, 1.54) is 4.31 Å². The molecule has 0 saturated carbocycles. The first-order chi connectivity index (χ1) is 14.8. The number of benzene rings is 3. The summed E-state index contributed by atoms with van der Waals surface area (Å²) < 4.78 is 28.2. The molecule has 31 heavy (non-hydrogen) atoms. The molecule has 0 heterocycles. The molecule has 0 aliphatic heterocycles. The molecule has 3 rings (SSSR count). The summed E-state index contributed by atoms with van der Waals surface area (Å²) >= 11 is 0. The van der Waals surface area contributed by atoms with Crippen molar-refractivity contribution in [1.82, 2.24) is 5.32 Å². The van der Waals surface area contributed by atoms with E-state index in [4.69, 9.17) is 0 Å². The Morgan fingerprint density at radius 3 is 2.19 bits per heavy atom. The third-order valence-electron chi connectivity index (χ3n) is 5.21. The molecule has 0 bridgehead atoms. The van der Waals surface area contributed by atoms with E-state index >= 15 is 0 Å². The molecule has 3 aromatic carbocycles. The lowest BCUT2D eigenvalue weighted by Crippen LogP contribution is -2.42. The van der Waals surface area contributed by atoms with Gasteiger partial charge in [0.15, 0.2) is 0 Å². The molecule has 0 saturated heterocycles. The average molecular weight is 437 g/mol. The normalized spacial score (nSPS) is 12.2. The van der Waals surface area contributed by atoms with Gasteiger partial charge in [0.1, 0.15) is 6.54 Å². The van der Waals surface area contributed by atoms with E-state index in [1.807, 2.05) is 57.2 Å². The van der Waals surface area contributed by atoms with E-state index in [-0.39, 0.29) is 23.4 Å². The molecule has 162 valence electrons. The zero-order valence-corrected chi connectivity index (χ0v) is 18.9. The maximum atomic E-state index is 13.5. The van der Waals surface area contributed by atoms with Gasteiger partial charge in [-0.3, -0.25) is 9.10 Å². The van der Waals surface area contributed by atoms with Crippen LogP contribution >= 0.6 is 0 Å². The highest BCUT2D eigenvalue weighted by atomic mass is 32.2. The Kier molecular flexibility index (Phi) is 7.13. The predicted octanol–water partition coefficient (Wildman–Crippen LogP) is 4.63. The van der Waals surface area contributed by atoms with Crippen LogP contribution in [0.1, 0.15) is 36.6 Å². The Morgan fingerprint density at radius 2 is 1.55 bits per heavy atom. The number of hydrogen-bond acceptors (Lipinski definition) is 3. The van der Waals surface area contributed by atoms with Crippen LogP contribution in [0.3, 0.4) is 0 Å². The number of nitrogens with zero attached hydrogens (tertiary/aromatic N) is 1. The topological polar surface area (TPSA) is 66.5 Å². The molecule has 0 aliphatic rings. The van der Waals surface area contributed by atoms with E-state index in [1.54, 1.807) is 42.5 Å². The van der Waals surface area contributed by atoms with Crippen molar-refractivity contribution in [2.24, 2.45) is 0 Å². The lowest BCUT2D eigenvalue weighted by molar-refractivity contribution is -0.120. The second-order valence-electron chi connectivity index (χ2n) is 7.51. The van der Waals surface area contributed by atoms with Crippen LogP contribution in [0, 0.1) is 6.92 Å². The zero-order valence-electron chi connectivity index (χ0n) is 18.1. The van der Waals surface area contributed by atoms with Gasteiger partial charge < -0.3 is 5.32 Å². The minimum absolute atomic E-state index is 0.153. The Labute approximate surface area is 184 Å². The number of rotatable bonds is 8. The van der Waals surface area contributed by atoms with Crippen molar-refractivity contribution in [1.29, 1.82) is 0 Å². The van der Waals surface area contributed by atoms with Crippen molar-refractivity contribution in [2.75, 3.05) is 10.8 Å². The van der Waals surface area contributed by atoms with Crippen LogP contribution < -0.4 is 9.62 Å². The Bertz CT molecular complexity index is 1130. The third-order valence-corrected chi connectivity index (χ3v) is 6.99. The number of aryl methyl sites for hydroxylation is 2. The van der Waals surface area contributed by atoms with Gasteiger partial charge in [-0.05, 0) is 49.6 Å². The van der Waals surface area contributed by atoms with Crippen molar-refractivity contribution in [3.05, 3.63) is 95.6 Å². The molecule has 0 unspecified atom stereocenters. The molecule has 3 aromatic rings. The van der Waals surface area contributed by atoms with Crippen molar-refractivity contribution < 1.29 is 13.2 Å². The summed E-state index contributed by atoms with van der Waals surface area (Å²) in [5, 5.41) is 2.93. The van der Waals surface area contributed by atoms with Gasteiger partial charge in [-0.15, -0.1) is 0 Å². The summed E-state index contributed by atoms with van der Waals surface area (Å²) in [6, 6.07) is 23.2. The second-order valence-corrected chi connectivity index (χ2v) is 9.37. The molecule has 0 radical (unpaired) electrons. The molecular weight excluding hydrogens is 408 g/mol. The third kappa shape index (κ3) is 5.33. The summed E-state index contributed by atoms with van der Waals surface area (Å²) in [6.07, 6.45) is 0.651. The highest BCUT2D eigenvalue weighted by Crippen LogP contribution is 2.27. The highest BCUT2D eigenvalue weighted by Gasteiger charge is 2.28. The largest absolute Gasteiger partial charge is 0.348 e. The quantitative estimate of drug-likeness (QED) is 0.560. The van der Waals surface area contributed by atoms with Crippen molar-refractivity contribution >= 4 is 21.6 Å². The number of sulfonamides is 1. The van der Waals surface area contributed by atoms with Crippen LogP contribution in [0.25, 0.3) is 0 Å². The van der Waals surface area contributed by atoms with Gasteiger partial charge >= 0.3 is 0 Å². The zero-order chi connectivity index (χ0) is 22.4. The fraction of sp³-hybridized carbons (Fsp3) is 0.240. The number of amides is 1. The summed E-state index contributed by atoms with van der Waals surface area (Å²) in [5.41, 5.74) is 3.48. The summed E-state index contributed by atoms with van der Waals surface area (Å²) in [5.74, 6) is -0.363. The molecule has 5 nitrogen and oxygen atoms in total. The number of para-hydroxylation sites is 1. The van der Waals surface area contributed by atoms with Gasteiger partial charge in [0.05, 0.1) is 16.6 Å². The summed E-state index contributed by atoms with van der Waals surface area (Å²) in [6.45, 7) is 5.55. The number of anilines is 1. The van der Waals surface area contributed by atoms with Crippen LogP contribution in [0.15, 0.2) is 83.8 Å². The van der Waals surface area contributed by atoms with E-state index in [0.717, 1.165) is 16.7 Å². The molecule has 1 amide bonds. The molecule has 0 fully saturated rings. The lowest BCUT2D eigenvalue weighted by Gasteiger charge is -2.27. The molecular formula is C25H28N2O3S. The first kappa shape index (κ1) is 22.6. The number of carbonyl (C=O) groups excluding carboxylic acids is 1. The van der Waals surface area contributed by atoms with Crippen LogP contribution in [-0.4, -0.2) is 20.9 Å². The molecule has 6 heteroatoms. The Hall–Kier alpha value is -3.12. The van der Waals surface area contributed by atoms with Crippen molar-refractivity contribution in [3.8, 4) is 0 Å². The van der Waals surface area contributed by atoms with E-state index in [2.05, 4.69) is 5.32 Å². The smallest absolute Gasteiger partial charge is 0.264 e. The van der Waals surface area contributed by atoms with Crippen LogP contribution in [0.5, 0.6) is 0 Å². The van der Waals surface area contributed by atoms with Gasteiger partial charge in [0.2, 0.25) is 5.91 Å². The minimum atomic E-state index is -3.92. The maximum Gasteiger partial charge on any atom is 0.264 e. The number of carbonyl (C=O) groups is 1. The van der Waals surface area contributed by atoms with E-state index < -0.39 is 10.0 Å². The average Bonchev–Trinajstić information content (AvgIpc) is 2.78. The number of hydrogen-bond donors (Lipinski definition) is 1. The van der Waals surface area contributed by atoms with Gasteiger partial charge in [0, 0.05) is 0 Å². The summed E-state index contributed by atoms with van der Waals surface area (Å²) in [4.78, 5) is 13.1. The summed E-state index contributed by atoms with van der Waals surface area (Å²) in [7, 11) is -3.92. The van der Waals surface area contributed by atoms with E-state index in [9.17, 15) is 13.2 Å². The van der Waals surface area contributed by atoms with Crippen LogP contribution in [-0.2, 0) is 21.2 Å². The SMILES string of the molecule is CCc1ccccc1N(CC(=O)N[C@@H](C)c1ccc(C)cc1)S(=O)(=O)c1ccccc1. The van der Waals surface area contributed by atoms with Gasteiger partial charge in [0.25, 0.3) is 10.0 Å². The van der Waals surface area contributed by atoms with Crippen LogP contribution in [0.4, 0.5) is 5.69 Å². The standard InChI is InChI=1S/C25H28N2O3S/c1-4-21-10-8-9-13-24(21)27(31(29,30)23-11-6-5-7-12-23)18-25(28)26-20(3)22-16-14-19(2)15-17-22/h5-17,20H,4,18H2,1-3H3,(H,26,28)/t20-/m0/s1. The Morgan fingerprint density at radius 1 is 0.935 bits per heavy atom. The second kappa shape index (κ2) is 9.79. The maximum absolute atomic E-state index is 13.5. The molecule has 0 spiro atoms. The molecule has 0 aromatic heterocycles. The predicted molar refractivity (Wildman–Crippen MR) is 125 cm³/mol. The molecule has 1 N–H and O–H groups in total. The fourth-order valence-electron chi connectivity index (χ4n) is 3.43.